The van der Waals surface area contributed by atoms with Gasteiger partial charge in [-0.05, 0) is 20.0 Å². The number of thiocarbonyl (C=S) groups is 1. The zero-order chi connectivity index (χ0) is 8.27. The molecule has 1 aliphatic heterocycles. The Kier molecular flexibility index (Phi) is 3.43. The molecule has 2 nitrogen and oxygen atoms in total. The van der Waals surface area contributed by atoms with E-state index in [-0.39, 0.29) is 0 Å². The van der Waals surface area contributed by atoms with Crippen molar-refractivity contribution >= 4 is 17.1 Å². The van der Waals surface area contributed by atoms with Crippen molar-refractivity contribution in [2.75, 3.05) is 26.7 Å². The predicted octanol–water partition coefficient (Wildman–Crippen LogP) is 0.670. The molecule has 1 fully saturated rings. The molecule has 1 heterocycles. The van der Waals surface area contributed by atoms with Crippen LogP contribution in [0.5, 0.6) is 0 Å². The highest BCUT2D eigenvalue weighted by Gasteiger charge is 2.18. The average Bonchev–Trinajstić information content (AvgIpc) is 2.35. The Hall–Kier alpha value is 0.01000. The maximum absolute atomic E-state index is 5.10. The Morgan fingerprint density at radius 1 is 1.73 bits per heavy atom. The SMILES string of the molecule is CCN(C)CC1CC(=S)CN1. The Morgan fingerprint density at radius 2 is 2.45 bits per heavy atom. The summed E-state index contributed by atoms with van der Waals surface area (Å²) in [5.74, 6) is 0. The lowest BCUT2D eigenvalue weighted by atomic mass is 10.2. The zero-order valence-electron chi connectivity index (χ0n) is 7.26. The molecule has 64 valence electrons. The van der Waals surface area contributed by atoms with Gasteiger partial charge in [-0.15, -0.1) is 0 Å². The number of nitrogens with one attached hydrogen (secondary N) is 1. The van der Waals surface area contributed by atoms with Crippen LogP contribution < -0.4 is 5.32 Å². The van der Waals surface area contributed by atoms with E-state index in [4.69, 9.17) is 12.2 Å². The molecular weight excluding hydrogens is 156 g/mol. The van der Waals surface area contributed by atoms with E-state index in [1.54, 1.807) is 0 Å². The molecule has 0 aromatic heterocycles. The molecule has 1 atom stereocenters. The van der Waals surface area contributed by atoms with Gasteiger partial charge in [0, 0.05) is 24.0 Å². The van der Waals surface area contributed by atoms with Crippen molar-refractivity contribution in [2.45, 2.75) is 19.4 Å². The van der Waals surface area contributed by atoms with Gasteiger partial charge in [0.15, 0.2) is 0 Å². The smallest absolute Gasteiger partial charge is 0.0273 e. The Balaban J connectivity index is 2.22. The molecule has 0 aromatic carbocycles. The van der Waals surface area contributed by atoms with Gasteiger partial charge in [0.25, 0.3) is 0 Å². The topological polar surface area (TPSA) is 15.3 Å². The van der Waals surface area contributed by atoms with Crippen LogP contribution in [0.3, 0.4) is 0 Å². The average molecular weight is 172 g/mol. The van der Waals surface area contributed by atoms with E-state index in [1.807, 2.05) is 0 Å². The van der Waals surface area contributed by atoms with Crippen LogP contribution in [0.25, 0.3) is 0 Å². The summed E-state index contributed by atoms with van der Waals surface area (Å²) in [6.45, 7) is 5.35. The van der Waals surface area contributed by atoms with Crippen LogP contribution in [-0.4, -0.2) is 42.5 Å². The summed E-state index contributed by atoms with van der Waals surface area (Å²) in [5, 5.41) is 3.39. The monoisotopic (exact) mass is 172 g/mol. The van der Waals surface area contributed by atoms with E-state index >= 15 is 0 Å². The number of likely N-dealkylation sites (N-methyl/N-ethyl adjacent to an activating group) is 1. The lowest BCUT2D eigenvalue weighted by Crippen LogP contribution is -2.35. The molecule has 0 saturated carbocycles. The third kappa shape index (κ3) is 2.85. The Bertz CT molecular complexity index is 147. The maximum Gasteiger partial charge on any atom is 0.0273 e. The van der Waals surface area contributed by atoms with E-state index in [2.05, 4.69) is 24.2 Å². The summed E-state index contributed by atoms with van der Waals surface area (Å²) in [7, 11) is 2.14. The molecule has 1 unspecified atom stereocenters. The molecule has 1 N–H and O–H groups in total. The quantitative estimate of drug-likeness (QED) is 0.630. The van der Waals surface area contributed by atoms with Crippen LogP contribution in [0, 0.1) is 0 Å². The van der Waals surface area contributed by atoms with Gasteiger partial charge in [-0.25, -0.2) is 0 Å². The lowest BCUT2D eigenvalue weighted by molar-refractivity contribution is 0.316. The second-order valence-electron chi connectivity index (χ2n) is 3.18. The first-order chi connectivity index (χ1) is 5.22. The highest BCUT2D eigenvalue weighted by Crippen LogP contribution is 2.04. The molecule has 11 heavy (non-hydrogen) atoms. The van der Waals surface area contributed by atoms with Crippen molar-refractivity contribution in [1.29, 1.82) is 0 Å². The highest BCUT2D eigenvalue weighted by atomic mass is 32.1. The molecule has 1 rings (SSSR count). The molecule has 0 spiro atoms. The van der Waals surface area contributed by atoms with Crippen LogP contribution in [0.4, 0.5) is 0 Å². The summed E-state index contributed by atoms with van der Waals surface area (Å²) in [4.78, 5) is 3.49. The largest absolute Gasteiger partial charge is 0.308 e. The van der Waals surface area contributed by atoms with Crippen LogP contribution >= 0.6 is 12.2 Å². The van der Waals surface area contributed by atoms with Crippen LogP contribution in [-0.2, 0) is 0 Å². The zero-order valence-corrected chi connectivity index (χ0v) is 8.08. The van der Waals surface area contributed by atoms with Crippen molar-refractivity contribution in [1.82, 2.24) is 10.2 Å². The number of rotatable bonds is 3. The van der Waals surface area contributed by atoms with Crippen molar-refractivity contribution in [3.05, 3.63) is 0 Å². The Morgan fingerprint density at radius 3 is 2.91 bits per heavy atom. The van der Waals surface area contributed by atoms with Crippen molar-refractivity contribution < 1.29 is 0 Å². The summed E-state index contributed by atoms with van der Waals surface area (Å²) < 4.78 is 0. The third-order valence-corrected chi connectivity index (χ3v) is 2.44. The molecule has 1 aliphatic rings. The number of hydrogen-bond acceptors (Lipinski definition) is 3. The van der Waals surface area contributed by atoms with Crippen LogP contribution in [0.15, 0.2) is 0 Å². The fourth-order valence-corrected chi connectivity index (χ4v) is 1.60. The Labute approximate surface area is 74.0 Å². The van der Waals surface area contributed by atoms with Gasteiger partial charge in [-0.2, -0.15) is 0 Å². The van der Waals surface area contributed by atoms with Crippen LogP contribution in [0.1, 0.15) is 13.3 Å². The van der Waals surface area contributed by atoms with E-state index < -0.39 is 0 Å². The second-order valence-corrected chi connectivity index (χ2v) is 3.75. The number of hydrogen-bond donors (Lipinski definition) is 1. The van der Waals surface area contributed by atoms with Gasteiger partial charge in [-0.3, -0.25) is 0 Å². The van der Waals surface area contributed by atoms with Gasteiger partial charge >= 0.3 is 0 Å². The normalized spacial score (nSPS) is 25.0. The minimum Gasteiger partial charge on any atom is -0.308 e. The molecule has 0 bridgehead atoms. The molecular formula is C8H16N2S. The van der Waals surface area contributed by atoms with E-state index in [1.165, 1.54) is 4.86 Å². The van der Waals surface area contributed by atoms with Gasteiger partial charge < -0.3 is 10.2 Å². The summed E-state index contributed by atoms with van der Waals surface area (Å²) in [5.41, 5.74) is 0. The summed E-state index contributed by atoms with van der Waals surface area (Å²) in [6, 6.07) is 0.604. The van der Waals surface area contributed by atoms with Gasteiger partial charge in [0.1, 0.15) is 0 Å². The van der Waals surface area contributed by atoms with Crippen LogP contribution in [0.2, 0.25) is 0 Å². The lowest BCUT2D eigenvalue weighted by Gasteiger charge is -2.18. The fraction of sp³-hybridized carbons (Fsp3) is 0.875. The third-order valence-electron chi connectivity index (χ3n) is 2.13. The fourth-order valence-electron chi connectivity index (χ4n) is 1.31. The molecule has 0 aromatic rings. The number of nitrogens with zero attached hydrogens (tertiary/aromatic N) is 1. The molecule has 3 heteroatoms. The maximum atomic E-state index is 5.10. The minimum atomic E-state index is 0.604. The van der Waals surface area contributed by atoms with Crippen molar-refractivity contribution in [3.63, 3.8) is 0 Å². The first kappa shape index (κ1) is 9.10. The first-order valence-corrected chi connectivity index (χ1v) is 4.56. The highest BCUT2D eigenvalue weighted by molar-refractivity contribution is 7.80. The molecule has 0 radical (unpaired) electrons. The second kappa shape index (κ2) is 4.14. The minimum absolute atomic E-state index is 0.604. The standard InChI is InChI=1S/C8H16N2S/c1-3-10(2)6-7-4-8(11)5-9-7/h7,9H,3-6H2,1-2H3. The van der Waals surface area contributed by atoms with Gasteiger partial charge in [-0.1, -0.05) is 19.1 Å². The van der Waals surface area contributed by atoms with E-state index in [0.29, 0.717) is 6.04 Å². The first-order valence-electron chi connectivity index (χ1n) is 4.16. The van der Waals surface area contributed by atoms with Gasteiger partial charge in [0.2, 0.25) is 0 Å². The van der Waals surface area contributed by atoms with Crippen molar-refractivity contribution in [2.24, 2.45) is 0 Å². The molecule has 0 aliphatic carbocycles. The molecule has 1 saturated heterocycles. The van der Waals surface area contributed by atoms with E-state index in [0.717, 1.165) is 26.1 Å². The summed E-state index contributed by atoms with van der Waals surface area (Å²) in [6.07, 6.45) is 1.08. The molecule has 0 amide bonds. The van der Waals surface area contributed by atoms with Gasteiger partial charge in [0.05, 0.1) is 0 Å². The van der Waals surface area contributed by atoms with E-state index in [9.17, 15) is 0 Å². The predicted molar refractivity (Wildman–Crippen MR) is 52.2 cm³/mol. The summed E-state index contributed by atoms with van der Waals surface area (Å²) >= 11 is 5.10. The van der Waals surface area contributed by atoms with Crippen molar-refractivity contribution in [3.8, 4) is 0 Å².